The van der Waals surface area contributed by atoms with Crippen molar-refractivity contribution in [1.29, 1.82) is 0 Å². The first-order valence-electron chi connectivity index (χ1n) is 7.40. The Hall–Kier alpha value is -1.55. The van der Waals surface area contributed by atoms with E-state index in [1.807, 2.05) is 26.0 Å². The maximum absolute atomic E-state index is 12.1. The van der Waals surface area contributed by atoms with Crippen LogP contribution in [0.1, 0.15) is 43.5 Å². The summed E-state index contributed by atoms with van der Waals surface area (Å²) in [5.74, 6) is 1.49. The summed E-state index contributed by atoms with van der Waals surface area (Å²) in [7, 11) is 0. The van der Waals surface area contributed by atoms with Crippen LogP contribution in [-0.2, 0) is 0 Å². The molecule has 0 atom stereocenters. The van der Waals surface area contributed by atoms with Crippen molar-refractivity contribution in [3.63, 3.8) is 0 Å². The maximum atomic E-state index is 12.1. The zero-order chi connectivity index (χ0) is 14.4. The highest BCUT2D eigenvalue weighted by molar-refractivity contribution is 5.96. The number of hydrogen-bond acceptors (Lipinski definition) is 4. The van der Waals surface area contributed by atoms with Crippen LogP contribution in [0.2, 0.25) is 0 Å². The van der Waals surface area contributed by atoms with Gasteiger partial charge in [0.15, 0.2) is 17.3 Å². The third-order valence-corrected chi connectivity index (χ3v) is 3.23. The molecule has 110 valence electrons. The predicted molar refractivity (Wildman–Crippen MR) is 78.8 cm³/mol. The summed E-state index contributed by atoms with van der Waals surface area (Å²) in [5.41, 5.74) is 0.689. The molecule has 0 amide bonds. The highest BCUT2D eigenvalue weighted by Gasteiger charge is 2.20. The van der Waals surface area contributed by atoms with Gasteiger partial charge in [0.2, 0.25) is 0 Å². The van der Waals surface area contributed by atoms with E-state index in [0.29, 0.717) is 42.7 Å². The third kappa shape index (κ3) is 4.23. The van der Waals surface area contributed by atoms with Gasteiger partial charge in [-0.1, -0.05) is 0 Å². The van der Waals surface area contributed by atoms with E-state index in [4.69, 9.17) is 9.47 Å². The molecule has 0 spiro atoms. The van der Waals surface area contributed by atoms with Crippen molar-refractivity contribution in [2.45, 2.75) is 39.2 Å². The van der Waals surface area contributed by atoms with E-state index in [0.717, 1.165) is 6.54 Å². The van der Waals surface area contributed by atoms with Crippen molar-refractivity contribution in [2.24, 2.45) is 0 Å². The molecular weight excluding hydrogens is 254 g/mol. The molecule has 1 aliphatic rings. The second kappa shape index (κ2) is 7.29. The first kappa shape index (κ1) is 14.9. The Labute approximate surface area is 120 Å². The number of ketones is 1. The van der Waals surface area contributed by atoms with E-state index in [9.17, 15) is 4.79 Å². The highest BCUT2D eigenvalue weighted by Crippen LogP contribution is 2.29. The lowest BCUT2D eigenvalue weighted by Gasteiger charge is -2.12. The van der Waals surface area contributed by atoms with Gasteiger partial charge < -0.3 is 14.8 Å². The SMILES string of the molecule is CCOc1ccc(C(=O)CCNC2CC2)cc1OCC. The standard InChI is InChI=1S/C16H23NO3/c1-3-19-15-8-5-12(11-16(15)20-4-2)14(18)9-10-17-13-6-7-13/h5,8,11,13,17H,3-4,6-7,9-10H2,1-2H3. The number of Topliss-reactive ketones (excluding diaryl/α,β-unsaturated/α-hetero) is 1. The van der Waals surface area contributed by atoms with Gasteiger partial charge in [0.25, 0.3) is 0 Å². The quantitative estimate of drug-likeness (QED) is 0.705. The summed E-state index contributed by atoms with van der Waals surface area (Å²) in [4.78, 5) is 12.1. The number of benzene rings is 1. The molecule has 1 aliphatic carbocycles. The molecule has 0 bridgehead atoms. The Kier molecular flexibility index (Phi) is 5.41. The van der Waals surface area contributed by atoms with Gasteiger partial charge in [-0.15, -0.1) is 0 Å². The van der Waals surface area contributed by atoms with Crippen LogP contribution < -0.4 is 14.8 Å². The summed E-state index contributed by atoms with van der Waals surface area (Å²) >= 11 is 0. The Morgan fingerprint density at radius 1 is 1.20 bits per heavy atom. The second-order valence-electron chi connectivity index (χ2n) is 4.93. The lowest BCUT2D eigenvalue weighted by Crippen LogP contribution is -2.20. The molecule has 0 heterocycles. The zero-order valence-corrected chi connectivity index (χ0v) is 12.3. The van der Waals surface area contributed by atoms with Gasteiger partial charge in [-0.25, -0.2) is 0 Å². The molecule has 0 radical (unpaired) electrons. The van der Waals surface area contributed by atoms with E-state index in [1.54, 1.807) is 6.07 Å². The average Bonchev–Trinajstić information content (AvgIpc) is 3.25. The maximum Gasteiger partial charge on any atom is 0.164 e. The molecular formula is C16H23NO3. The second-order valence-corrected chi connectivity index (χ2v) is 4.93. The summed E-state index contributed by atoms with van der Waals surface area (Å²) in [6.07, 6.45) is 3.01. The number of ether oxygens (including phenoxy) is 2. The average molecular weight is 277 g/mol. The van der Waals surface area contributed by atoms with Crippen molar-refractivity contribution in [1.82, 2.24) is 5.32 Å². The molecule has 0 aliphatic heterocycles. The Balaban J connectivity index is 1.98. The minimum absolute atomic E-state index is 0.141. The number of nitrogens with one attached hydrogen (secondary N) is 1. The summed E-state index contributed by atoms with van der Waals surface area (Å²) in [6.45, 7) is 5.74. The van der Waals surface area contributed by atoms with Gasteiger partial charge in [-0.3, -0.25) is 4.79 Å². The summed E-state index contributed by atoms with van der Waals surface area (Å²) in [5, 5.41) is 3.35. The Morgan fingerprint density at radius 2 is 1.90 bits per heavy atom. The molecule has 1 saturated carbocycles. The van der Waals surface area contributed by atoms with Crippen LogP contribution in [0.25, 0.3) is 0 Å². The first-order chi connectivity index (χ1) is 9.74. The lowest BCUT2D eigenvalue weighted by atomic mass is 10.1. The number of rotatable bonds is 9. The molecule has 0 unspecified atom stereocenters. The molecule has 1 aromatic rings. The monoisotopic (exact) mass is 277 g/mol. The summed E-state index contributed by atoms with van der Waals surface area (Å²) < 4.78 is 11.0. The molecule has 1 N–H and O–H groups in total. The van der Waals surface area contributed by atoms with Gasteiger partial charge in [-0.2, -0.15) is 0 Å². The number of carbonyl (C=O) groups excluding carboxylic acids is 1. The van der Waals surface area contributed by atoms with Crippen LogP contribution in [0.15, 0.2) is 18.2 Å². The van der Waals surface area contributed by atoms with Gasteiger partial charge in [-0.05, 0) is 44.9 Å². The van der Waals surface area contributed by atoms with Crippen molar-refractivity contribution in [3.05, 3.63) is 23.8 Å². The summed E-state index contributed by atoms with van der Waals surface area (Å²) in [6, 6.07) is 6.05. The van der Waals surface area contributed by atoms with Crippen molar-refractivity contribution < 1.29 is 14.3 Å². The number of carbonyl (C=O) groups is 1. The fourth-order valence-corrected chi connectivity index (χ4v) is 2.05. The first-order valence-corrected chi connectivity index (χ1v) is 7.40. The molecule has 4 nitrogen and oxygen atoms in total. The van der Waals surface area contributed by atoms with Crippen LogP contribution in [-0.4, -0.2) is 31.6 Å². The molecule has 2 rings (SSSR count). The Bertz CT molecular complexity index is 455. The molecule has 0 saturated heterocycles. The van der Waals surface area contributed by atoms with Gasteiger partial charge in [0.1, 0.15) is 0 Å². The normalized spacial score (nSPS) is 14.1. The molecule has 1 aromatic carbocycles. The van der Waals surface area contributed by atoms with Crippen LogP contribution in [0.4, 0.5) is 0 Å². The predicted octanol–water partition coefficient (Wildman–Crippen LogP) is 2.81. The molecule has 0 aromatic heterocycles. The minimum Gasteiger partial charge on any atom is -0.490 e. The molecule has 1 fully saturated rings. The fourth-order valence-electron chi connectivity index (χ4n) is 2.05. The smallest absolute Gasteiger partial charge is 0.164 e. The minimum atomic E-state index is 0.141. The van der Waals surface area contributed by atoms with Crippen molar-refractivity contribution >= 4 is 5.78 Å². The largest absolute Gasteiger partial charge is 0.490 e. The fraction of sp³-hybridized carbons (Fsp3) is 0.562. The van der Waals surface area contributed by atoms with Crippen molar-refractivity contribution in [3.8, 4) is 11.5 Å². The number of hydrogen-bond donors (Lipinski definition) is 1. The third-order valence-electron chi connectivity index (χ3n) is 3.23. The van der Waals surface area contributed by atoms with E-state index in [1.165, 1.54) is 12.8 Å². The van der Waals surface area contributed by atoms with E-state index >= 15 is 0 Å². The van der Waals surface area contributed by atoms with Gasteiger partial charge in [0, 0.05) is 24.6 Å². The van der Waals surface area contributed by atoms with Crippen molar-refractivity contribution in [2.75, 3.05) is 19.8 Å². The van der Waals surface area contributed by atoms with Crippen LogP contribution in [0.3, 0.4) is 0 Å². The zero-order valence-electron chi connectivity index (χ0n) is 12.3. The highest BCUT2D eigenvalue weighted by atomic mass is 16.5. The van der Waals surface area contributed by atoms with E-state index < -0.39 is 0 Å². The Morgan fingerprint density at radius 3 is 2.55 bits per heavy atom. The molecule has 4 heteroatoms. The van der Waals surface area contributed by atoms with Crippen LogP contribution in [0.5, 0.6) is 11.5 Å². The topological polar surface area (TPSA) is 47.6 Å². The van der Waals surface area contributed by atoms with Gasteiger partial charge in [0.05, 0.1) is 13.2 Å². The van der Waals surface area contributed by atoms with Crippen LogP contribution >= 0.6 is 0 Å². The molecule has 20 heavy (non-hydrogen) atoms. The van der Waals surface area contributed by atoms with E-state index in [-0.39, 0.29) is 5.78 Å². The lowest BCUT2D eigenvalue weighted by molar-refractivity contribution is 0.0982. The van der Waals surface area contributed by atoms with Crippen LogP contribution in [0, 0.1) is 0 Å². The van der Waals surface area contributed by atoms with Gasteiger partial charge >= 0.3 is 0 Å². The van der Waals surface area contributed by atoms with E-state index in [2.05, 4.69) is 5.32 Å².